The van der Waals surface area contributed by atoms with Gasteiger partial charge in [0.15, 0.2) is 5.69 Å². The first-order valence-corrected chi connectivity index (χ1v) is 8.89. The molecule has 0 saturated heterocycles. The Morgan fingerprint density at radius 3 is 2.83 bits per heavy atom. The predicted octanol–water partition coefficient (Wildman–Crippen LogP) is 4.13. The van der Waals surface area contributed by atoms with Gasteiger partial charge in [-0.25, -0.2) is 14.5 Å². The Labute approximate surface area is 143 Å². The van der Waals surface area contributed by atoms with Crippen LogP contribution in [0, 0.1) is 0 Å². The SMILES string of the molecule is CC1CCCc2c1c(-c1ccccc1)nn2-c1nc(C(=O)O)cs1. The summed E-state index contributed by atoms with van der Waals surface area (Å²) in [5.41, 5.74) is 4.60. The molecular formula is C18H17N3O2S. The maximum atomic E-state index is 11.1. The van der Waals surface area contributed by atoms with Crippen LogP contribution in [0.15, 0.2) is 35.7 Å². The Balaban J connectivity index is 1.90. The fraction of sp³-hybridized carbons (Fsp3) is 0.278. The van der Waals surface area contributed by atoms with Gasteiger partial charge in [0.25, 0.3) is 0 Å². The average Bonchev–Trinajstić information content (AvgIpc) is 3.21. The zero-order valence-electron chi connectivity index (χ0n) is 13.3. The van der Waals surface area contributed by atoms with Crippen LogP contribution >= 0.6 is 11.3 Å². The second kappa shape index (κ2) is 5.87. The molecule has 1 atom stereocenters. The molecule has 2 heterocycles. The molecule has 0 saturated carbocycles. The first-order chi connectivity index (χ1) is 11.6. The normalized spacial score (nSPS) is 16.8. The van der Waals surface area contributed by atoms with Gasteiger partial charge in [0.05, 0.1) is 11.4 Å². The van der Waals surface area contributed by atoms with Crippen molar-refractivity contribution in [3.63, 3.8) is 0 Å². The van der Waals surface area contributed by atoms with Gasteiger partial charge in [0.1, 0.15) is 0 Å². The highest BCUT2D eigenvalue weighted by Crippen LogP contribution is 2.39. The largest absolute Gasteiger partial charge is 0.476 e. The fourth-order valence-corrected chi connectivity index (χ4v) is 4.14. The monoisotopic (exact) mass is 339 g/mol. The summed E-state index contributed by atoms with van der Waals surface area (Å²) < 4.78 is 1.85. The molecule has 5 nitrogen and oxygen atoms in total. The minimum absolute atomic E-state index is 0.0735. The summed E-state index contributed by atoms with van der Waals surface area (Å²) in [7, 11) is 0. The zero-order valence-corrected chi connectivity index (χ0v) is 14.1. The highest BCUT2D eigenvalue weighted by Gasteiger charge is 2.28. The molecular weight excluding hydrogens is 322 g/mol. The number of rotatable bonds is 3. The molecule has 6 heteroatoms. The number of thiazole rings is 1. The minimum Gasteiger partial charge on any atom is -0.476 e. The molecule has 4 rings (SSSR count). The van der Waals surface area contributed by atoms with Crippen molar-refractivity contribution >= 4 is 17.3 Å². The van der Waals surface area contributed by atoms with Crippen LogP contribution < -0.4 is 0 Å². The quantitative estimate of drug-likeness (QED) is 0.779. The van der Waals surface area contributed by atoms with Gasteiger partial charge in [-0.2, -0.15) is 5.10 Å². The number of carbonyl (C=O) groups is 1. The number of nitrogens with zero attached hydrogens (tertiary/aromatic N) is 3. The third-order valence-electron chi connectivity index (χ3n) is 4.50. The van der Waals surface area contributed by atoms with E-state index in [0.29, 0.717) is 11.0 Å². The lowest BCUT2D eigenvalue weighted by molar-refractivity contribution is 0.0691. The van der Waals surface area contributed by atoms with Crippen molar-refractivity contribution in [1.82, 2.24) is 14.8 Å². The Morgan fingerprint density at radius 1 is 1.33 bits per heavy atom. The van der Waals surface area contributed by atoms with Crippen LogP contribution in [-0.2, 0) is 6.42 Å². The Bertz CT molecular complexity index is 898. The third kappa shape index (κ3) is 2.43. The number of benzene rings is 1. The highest BCUT2D eigenvalue weighted by atomic mass is 32.1. The lowest BCUT2D eigenvalue weighted by Gasteiger charge is -2.20. The van der Waals surface area contributed by atoms with Gasteiger partial charge in [-0.1, -0.05) is 37.3 Å². The Kier molecular flexibility index (Phi) is 3.69. The van der Waals surface area contributed by atoms with Crippen molar-refractivity contribution in [3.8, 4) is 16.4 Å². The first-order valence-electron chi connectivity index (χ1n) is 8.01. The van der Waals surface area contributed by atoms with Gasteiger partial charge in [-0.3, -0.25) is 0 Å². The van der Waals surface area contributed by atoms with Crippen LogP contribution in [0.2, 0.25) is 0 Å². The molecule has 1 N–H and O–H groups in total. The summed E-state index contributed by atoms with van der Waals surface area (Å²) in [4.78, 5) is 15.4. The molecule has 3 aromatic rings. The van der Waals surface area contributed by atoms with Crippen LogP contribution in [0.3, 0.4) is 0 Å². The zero-order chi connectivity index (χ0) is 16.7. The molecule has 0 amide bonds. The smallest absolute Gasteiger partial charge is 0.355 e. The van der Waals surface area contributed by atoms with E-state index in [1.165, 1.54) is 22.6 Å². The molecule has 2 aromatic heterocycles. The maximum Gasteiger partial charge on any atom is 0.355 e. The maximum absolute atomic E-state index is 11.1. The molecule has 0 spiro atoms. The summed E-state index contributed by atoms with van der Waals surface area (Å²) in [6, 6.07) is 10.2. The molecule has 0 aliphatic heterocycles. The number of carboxylic acids is 1. The standard InChI is InChI=1S/C18H17N3O2S/c1-11-6-5-9-14-15(11)16(12-7-3-2-4-8-12)20-21(14)18-19-13(10-24-18)17(22)23/h2-4,7-8,10-11H,5-6,9H2,1H3,(H,22,23). The second-order valence-electron chi connectivity index (χ2n) is 6.10. The molecule has 24 heavy (non-hydrogen) atoms. The second-order valence-corrected chi connectivity index (χ2v) is 6.94. The minimum atomic E-state index is -1.00. The molecule has 1 unspecified atom stereocenters. The van der Waals surface area contributed by atoms with E-state index in [4.69, 9.17) is 10.2 Å². The first kappa shape index (κ1) is 15.1. The van der Waals surface area contributed by atoms with Crippen LogP contribution in [0.1, 0.15) is 47.4 Å². The predicted molar refractivity (Wildman–Crippen MR) is 93.0 cm³/mol. The van der Waals surface area contributed by atoms with Crippen LogP contribution in [0.4, 0.5) is 0 Å². The van der Waals surface area contributed by atoms with Crippen LogP contribution in [0.25, 0.3) is 16.4 Å². The molecule has 0 bridgehead atoms. The van der Waals surface area contributed by atoms with Crippen LogP contribution in [-0.4, -0.2) is 25.8 Å². The van der Waals surface area contributed by atoms with E-state index < -0.39 is 5.97 Å². The van der Waals surface area contributed by atoms with Gasteiger partial charge < -0.3 is 5.11 Å². The number of hydrogen-bond donors (Lipinski definition) is 1. The average molecular weight is 339 g/mol. The summed E-state index contributed by atoms with van der Waals surface area (Å²) in [6.45, 7) is 2.24. The van der Waals surface area contributed by atoms with Crippen LogP contribution in [0.5, 0.6) is 0 Å². The summed E-state index contributed by atoms with van der Waals surface area (Å²) in [6.07, 6.45) is 3.21. The summed E-state index contributed by atoms with van der Waals surface area (Å²) >= 11 is 1.32. The fourth-order valence-electron chi connectivity index (χ4n) is 3.37. The lowest BCUT2D eigenvalue weighted by Crippen LogP contribution is -2.10. The Morgan fingerprint density at radius 2 is 2.12 bits per heavy atom. The Hall–Kier alpha value is -2.47. The van der Waals surface area contributed by atoms with Gasteiger partial charge in [-0.15, -0.1) is 11.3 Å². The van der Waals surface area contributed by atoms with Gasteiger partial charge in [0.2, 0.25) is 5.13 Å². The summed E-state index contributed by atoms with van der Waals surface area (Å²) in [5, 5.41) is 16.1. The topological polar surface area (TPSA) is 68.0 Å². The van der Waals surface area contributed by atoms with Crippen molar-refractivity contribution in [3.05, 3.63) is 52.7 Å². The van der Waals surface area contributed by atoms with Crippen molar-refractivity contribution in [2.75, 3.05) is 0 Å². The van der Waals surface area contributed by atoms with Crippen molar-refractivity contribution < 1.29 is 9.90 Å². The van der Waals surface area contributed by atoms with Gasteiger partial charge in [0, 0.05) is 16.5 Å². The van der Waals surface area contributed by atoms with Crippen molar-refractivity contribution in [2.24, 2.45) is 0 Å². The molecule has 1 aliphatic carbocycles. The van der Waals surface area contributed by atoms with Gasteiger partial charge in [-0.05, 0) is 25.2 Å². The summed E-state index contributed by atoms with van der Waals surface area (Å²) in [5.74, 6) is -0.563. The van der Waals surface area contributed by atoms with E-state index in [1.54, 1.807) is 5.38 Å². The molecule has 1 aliphatic rings. The molecule has 0 fully saturated rings. The number of fused-ring (bicyclic) bond motifs is 1. The third-order valence-corrected chi connectivity index (χ3v) is 5.32. The number of aromatic nitrogens is 3. The van der Waals surface area contributed by atoms with E-state index in [-0.39, 0.29) is 5.69 Å². The number of carboxylic acid groups (broad SMARTS) is 1. The van der Waals surface area contributed by atoms with Crippen molar-refractivity contribution in [1.29, 1.82) is 0 Å². The van der Waals surface area contributed by atoms with Gasteiger partial charge >= 0.3 is 5.97 Å². The number of aromatic carboxylic acids is 1. The van der Waals surface area contributed by atoms with Crippen molar-refractivity contribution in [2.45, 2.75) is 32.1 Å². The molecule has 1 aromatic carbocycles. The van der Waals surface area contributed by atoms with E-state index in [0.717, 1.165) is 30.5 Å². The highest BCUT2D eigenvalue weighted by molar-refractivity contribution is 7.12. The van der Waals surface area contributed by atoms with E-state index in [1.807, 2.05) is 22.9 Å². The van der Waals surface area contributed by atoms with E-state index in [9.17, 15) is 4.79 Å². The molecule has 0 radical (unpaired) electrons. The van der Waals surface area contributed by atoms with E-state index >= 15 is 0 Å². The lowest BCUT2D eigenvalue weighted by atomic mass is 9.85. The molecule has 122 valence electrons. The number of hydrogen-bond acceptors (Lipinski definition) is 4. The van der Waals surface area contributed by atoms with E-state index in [2.05, 4.69) is 24.0 Å².